The van der Waals surface area contributed by atoms with Crippen molar-refractivity contribution in [3.05, 3.63) is 87.9 Å². The molecule has 11 heteroatoms. The lowest BCUT2D eigenvalue weighted by atomic mass is 10.0. The minimum Gasteiger partial charge on any atom is -0.497 e. The number of methoxy groups -OCH3 is 1. The molecule has 0 saturated carbocycles. The summed E-state index contributed by atoms with van der Waals surface area (Å²) in [5, 5.41) is 16.9. The third kappa shape index (κ3) is 5.99. The van der Waals surface area contributed by atoms with Crippen molar-refractivity contribution in [1.29, 1.82) is 0 Å². The molecule has 36 heavy (non-hydrogen) atoms. The van der Waals surface area contributed by atoms with Gasteiger partial charge in [0.15, 0.2) is 11.5 Å². The first-order valence-corrected chi connectivity index (χ1v) is 11.5. The average Bonchev–Trinajstić information content (AvgIpc) is 2.90. The van der Waals surface area contributed by atoms with Gasteiger partial charge in [0.1, 0.15) is 5.75 Å². The van der Waals surface area contributed by atoms with E-state index < -0.39 is 11.8 Å². The van der Waals surface area contributed by atoms with Crippen molar-refractivity contribution in [2.24, 2.45) is 0 Å². The molecular weight excluding hydrogens is 464 g/mol. The largest absolute Gasteiger partial charge is 0.497 e. The molecule has 1 saturated heterocycles. The molecule has 0 aliphatic carbocycles. The van der Waals surface area contributed by atoms with Crippen LogP contribution in [-0.2, 0) is 6.54 Å². The van der Waals surface area contributed by atoms with Crippen LogP contribution in [0, 0.1) is 10.1 Å². The van der Waals surface area contributed by atoms with Gasteiger partial charge in [0.05, 0.1) is 12.0 Å². The number of rotatable bonds is 8. The zero-order chi connectivity index (χ0) is 25.5. The molecule has 0 unspecified atom stereocenters. The summed E-state index contributed by atoms with van der Waals surface area (Å²) in [4.78, 5) is 46.9. The molecule has 2 amide bonds. The van der Waals surface area contributed by atoms with Gasteiger partial charge in [0.25, 0.3) is 17.5 Å². The summed E-state index contributed by atoms with van der Waals surface area (Å²) in [5.74, 6) is -0.149. The highest BCUT2D eigenvalue weighted by Gasteiger charge is 2.25. The molecule has 3 aromatic rings. The summed E-state index contributed by atoms with van der Waals surface area (Å²) in [6.07, 6.45) is 4.16. The number of ether oxygens (including phenoxy) is 1. The monoisotopic (exact) mass is 490 g/mol. The van der Waals surface area contributed by atoms with Crippen molar-refractivity contribution in [3.8, 4) is 5.75 Å². The van der Waals surface area contributed by atoms with E-state index in [0.29, 0.717) is 49.4 Å². The second kappa shape index (κ2) is 11.4. The molecule has 4 rings (SSSR count). The number of nitrogens with one attached hydrogen (secondary N) is 2. The Morgan fingerprint density at radius 3 is 2.44 bits per heavy atom. The Morgan fingerprint density at radius 2 is 1.75 bits per heavy atom. The lowest BCUT2D eigenvalue weighted by Crippen LogP contribution is -2.44. The smallest absolute Gasteiger partial charge is 0.273 e. The fourth-order valence-electron chi connectivity index (χ4n) is 4.07. The number of aromatic nitrogens is 2. The molecule has 1 aliphatic rings. The van der Waals surface area contributed by atoms with E-state index in [-0.39, 0.29) is 28.2 Å². The van der Waals surface area contributed by atoms with Gasteiger partial charge >= 0.3 is 0 Å². The van der Waals surface area contributed by atoms with Crippen LogP contribution in [0.3, 0.4) is 0 Å². The second-order valence-corrected chi connectivity index (χ2v) is 8.35. The number of carbonyl (C=O) groups excluding carboxylic acids is 2. The summed E-state index contributed by atoms with van der Waals surface area (Å²) in [6, 6.07) is 13.2. The van der Waals surface area contributed by atoms with E-state index in [4.69, 9.17) is 4.74 Å². The number of hydrogen-bond acceptors (Lipinski definition) is 8. The maximum absolute atomic E-state index is 13.0. The predicted octanol–water partition coefficient (Wildman–Crippen LogP) is 3.04. The maximum Gasteiger partial charge on any atom is 0.273 e. The molecule has 0 spiro atoms. The summed E-state index contributed by atoms with van der Waals surface area (Å²) >= 11 is 0. The highest BCUT2D eigenvalue weighted by atomic mass is 16.6. The Kier molecular flexibility index (Phi) is 7.81. The molecule has 2 N–H and O–H groups in total. The Balaban J connectivity index is 1.34. The molecular formula is C25H26N6O5. The minimum atomic E-state index is -0.426. The molecule has 11 nitrogen and oxygen atoms in total. The Hall–Kier alpha value is -4.38. The molecule has 0 radical (unpaired) electrons. The Morgan fingerprint density at radius 1 is 1.06 bits per heavy atom. The van der Waals surface area contributed by atoms with E-state index in [0.717, 1.165) is 0 Å². The van der Waals surface area contributed by atoms with E-state index >= 15 is 0 Å². The normalized spacial score (nSPS) is 14.1. The number of hydrogen-bond donors (Lipinski definition) is 2. The molecule has 0 atom stereocenters. The lowest BCUT2D eigenvalue weighted by Gasteiger charge is -2.32. The number of benzene rings is 2. The summed E-state index contributed by atoms with van der Waals surface area (Å²) in [5.41, 5.74) is 1.20. The third-order valence-corrected chi connectivity index (χ3v) is 6.00. The predicted molar refractivity (Wildman–Crippen MR) is 132 cm³/mol. The van der Waals surface area contributed by atoms with Gasteiger partial charge in [-0.3, -0.25) is 24.6 Å². The number of para-hydroxylation sites is 1. The zero-order valence-electron chi connectivity index (χ0n) is 19.7. The molecule has 0 bridgehead atoms. The van der Waals surface area contributed by atoms with Crippen molar-refractivity contribution in [2.45, 2.75) is 25.4 Å². The van der Waals surface area contributed by atoms with E-state index in [2.05, 4.69) is 25.5 Å². The fourth-order valence-corrected chi connectivity index (χ4v) is 4.07. The quantitative estimate of drug-likeness (QED) is 0.363. The topological polar surface area (TPSA) is 140 Å². The van der Waals surface area contributed by atoms with Gasteiger partial charge in [0, 0.05) is 55.3 Å². The first-order valence-electron chi connectivity index (χ1n) is 11.5. The van der Waals surface area contributed by atoms with E-state index in [1.807, 2.05) is 0 Å². The van der Waals surface area contributed by atoms with Gasteiger partial charge in [-0.25, -0.2) is 9.97 Å². The maximum atomic E-state index is 13.0. The zero-order valence-corrected chi connectivity index (χ0v) is 19.7. The summed E-state index contributed by atoms with van der Waals surface area (Å²) < 4.78 is 5.10. The van der Waals surface area contributed by atoms with Crippen LogP contribution in [0.5, 0.6) is 5.75 Å². The number of anilines is 1. The van der Waals surface area contributed by atoms with E-state index in [1.165, 1.54) is 18.5 Å². The second-order valence-electron chi connectivity index (χ2n) is 8.35. The number of nitro benzene ring substituents is 1. The molecule has 1 aromatic heterocycles. The van der Waals surface area contributed by atoms with E-state index in [1.54, 1.807) is 49.6 Å². The van der Waals surface area contributed by atoms with Crippen LogP contribution in [0.1, 0.15) is 39.3 Å². The van der Waals surface area contributed by atoms with Crippen molar-refractivity contribution < 1.29 is 19.2 Å². The van der Waals surface area contributed by atoms with Crippen molar-refractivity contribution in [1.82, 2.24) is 20.2 Å². The van der Waals surface area contributed by atoms with Gasteiger partial charge in [0.2, 0.25) is 0 Å². The molecule has 1 fully saturated rings. The number of piperidine rings is 1. The summed E-state index contributed by atoms with van der Waals surface area (Å²) in [7, 11) is 1.54. The van der Waals surface area contributed by atoms with Crippen LogP contribution in [0.15, 0.2) is 60.9 Å². The average molecular weight is 491 g/mol. The van der Waals surface area contributed by atoms with Crippen LogP contribution in [0.2, 0.25) is 0 Å². The van der Waals surface area contributed by atoms with Gasteiger partial charge in [-0.1, -0.05) is 18.2 Å². The van der Waals surface area contributed by atoms with E-state index in [9.17, 15) is 19.7 Å². The van der Waals surface area contributed by atoms with Crippen LogP contribution < -0.4 is 15.4 Å². The summed E-state index contributed by atoms with van der Waals surface area (Å²) in [6.45, 7) is 1.83. The van der Waals surface area contributed by atoms with Crippen LogP contribution >= 0.6 is 0 Å². The first kappa shape index (κ1) is 24.7. The van der Waals surface area contributed by atoms with Gasteiger partial charge in [-0.2, -0.15) is 0 Å². The van der Waals surface area contributed by atoms with Crippen LogP contribution in [-0.4, -0.2) is 57.8 Å². The van der Waals surface area contributed by atoms with Crippen molar-refractivity contribution in [3.63, 3.8) is 0 Å². The van der Waals surface area contributed by atoms with Gasteiger partial charge in [-0.15, -0.1) is 0 Å². The highest BCUT2D eigenvalue weighted by Crippen LogP contribution is 2.22. The molecule has 2 aromatic carbocycles. The lowest BCUT2D eigenvalue weighted by molar-refractivity contribution is -0.385. The van der Waals surface area contributed by atoms with Gasteiger partial charge < -0.3 is 15.4 Å². The van der Waals surface area contributed by atoms with Crippen molar-refractivity contribution >= 4 is 23.3 Å². The number of amides is 2. The fraction of sp³-hybridized carbons (Fsp3) is 0.280. The van der Waals surface area contributed by atoms with Crippen LogP contribution in [0.25, 0.3) is 0 Å². The number of likely N-dealkylation sites (tertiary alicyclic amines) is 1. The van der Waals surface area contributed by atoms with Gasteiger partial charge in [-0.05, 0) is 37.1 Å². The Bertz CT molecular complexity index is 1240. The SMILES string of the molecule is COc1ccc(C(=O)Nc2nccnc2C(=O)NC2CCN(Cc3ccccc3[N+](=O)[O-])CC2)cc1. The molecule has 186 valence electrons. The molecule has 1 aliphatic heterocycles. The number of carbonyl (C=O) groups is 2. The number of nitro groups is 1. The molecule has 2 heterocycles. The first-order chi connectivity index (χ1) is 17.4. The third-order valence-electron chi connectivity index (χ3n) is 6.00. The standard InChI is InChI=1S/C25H26N6O5/c1-36-20-8-6-17(7-9-20)24(32)29-23-22(26-12-13-27-23)25(33)28-19-10-14-30(15-11-19)16-18-4-2-3-5-21(18)31(34)35/h2-9,12-13,19H,10-11,14-16H2,1H3,(H,28,33)(H,27,29,32). The number of nitrogens with zero attached hydrogens (tertiary/aromatic N) is 4. The van der Waals surface area contributed by atoms with Crippen molar-refractivity contribution in [2.75, 3.05) is 25.5 Å². The minimum absolute atomic E-state index is 0.0294. The highest BCUT2D eigenvalue weighted by molar-refractivity contribution is 6.07. The van der Waals surface area contributed by atoms with Crippen LogP contribution in [0.4, 0.5) is 11.5 Å². The Labute approximate surface area is 207 Å².